The lowest BCUT2D eigenvalue weighted by Crippen LogP contribution is -2.29. The van der Waals surface area contributed by atoms with Crippen LogP contribution in [0.3, 0.4) is 0 Å². The standard InChI is InChI=1S/C26H19FN2O4S/c1-14-13-34-26(28-14)29-22(17-4-3-5-19(27)11-17)21(24(31)25(29)32)23(30)18-7-6-16-12-20(33-2)9-8-15(16)10-18/h3-13,22,30H,1-2H3/b23-21+. The van der Waals surface area contributed by atoms with E-state index < -0.39 is 23.5 Å². The third-order valence-corrected chi connectivity index (χ3v) is 6.70. The molecule has 1 aliphatic heterocycles. The summed E-state index contributed by atoms with van der Waals surface area (Å²) in [4.78, 5) is 31.9. The molecule has 0 saturated carbocycles. The number of anilines is 1. The van der Waals surface area contributed by atoms with Gasteiger partial charge >= 0.3 is 5.91 Å². The topological polar surface area (TPSA) is 79.7 Å². The average molecular weight is 475 g/mol. The number of fused-ring (bicyclic) bond motifs is 1. The summed E-state index contributed by atoms with van der Waals surface area (Å²) >= 11 is 1.20. The third-order valence-electron chi connectivity index (χ3n) is 5.74. The molecule has 1 unspecified atom stereocenters. The minimum absolute atomic E-state index is 0.115. The molecule has 1 aromatic heterocycles. The van der Waals surface area contributed by atoms with E-state index in [0.29, 0.717) is 27.7 Å². The highest BCUT2D eigenvalue weighted by Gasteiger charge is 2.48. The van der Waals surface area contributed by atoms with Crippen LogP contribution < -0.4 is 9.64 Å². The first-order chi connectivity index (χ1) is 16.4. The SMILES string of the molecule is COc1ccc2cc(/C(O)=C3\C(=O)C(=O)N(c4nc(C)cs4)C3c3cccc(F)c3)ccc2c1. The number of ketones is 1. The van der Waals surface area contributed by atoms with Crippen LogP contribution in [0, 0.1) is 12.7 Å². The summed E-state index contributed by atoms with van der Waals surface area (Å²) in [5.74, 6) is -1.83. The lowest BCUT2D eigenvalue weighted by molar-refractivity contribution is -0.132. The van der Waals surface area contributed by atoms with Gasteiger partial charge in [-0.25, -0.2) is 9.37 Å². The highest BCUT2D eigenvalue weighted by Crippen LogP contribution is 2.43. The molecule has 8 heteroatoms. The molecule has 0 aliphatic carbocycles. The summed E-state index contributed by atoms with van der Waals surface area (Å²) in [6.07, 6.45) is 0. The molecule has 34 heavy (non-hydrogen) atoms. The Morgan fingerprint density at radius 2 is 1.85 bits per heavy atom. The van der Waals surface area contributed by atoms with Crippen molar-refractivity contribution in [3.05, 3.63) is 94.3 Å². The van der Waals surface area contributed by atoms with Gasteiger partial charge in [0.1, 0.15) is 17.3 Å². The number of thiazole rings is 1. The lowest BCUT2D eigenvalue weighted by Gasteiger charge is -2.23. The fraction of sp³-hybridized carbons (Fsp3) is 0.115. The molecule has 4 aromatic rings. The van der Waals surface area contributed by atoms with Crippen molar-refractivity contribution in [2.24, 2.45) is 0 Å². The summed E-state index contributed by atoms with van der Waals surface area (Å²) in [5.41, 5.74) is 1.30. The van der Waals surface area contributed by atoms with Gasteiger partial charge in [0.25, 0.3) is 5.78 Å². The number of aliphatic hydroxyl groups is 1. The molecule has 2 heterocycles. The predicted octanol–water partition coefficient (Wildman–Crippen LogP) is 5.38. The summed E-state index contributed by atoms with van der Waals surface area (Å²) in [6.45, 7) is 1.78. The third kappa shape index (κ3) is 3.62. The fourth-order valence-electron chi connectivity index (χ4n) is 4.13. The zero-order chi connectivity index (χ0) is 24.0. The number of hydrogen-bond donors (Lipinski definition) is 1. The number of rotatable bonds is 4. The number of methoxy groups -OCH3 is 1. The van der Waals surface area contributed by atoms with E-state index in [0.717, 1.165) is 10.8 Å². The molecule has 0 radical (unpaired) electrons. The Morgan fingerprint density at radius 3 is 2.56 bits per heavy atom. The Balaban J connectivity index is 1.70. The van der Waals surface area contributed by atoms with Gasteiger partial charge in [0.15, 0.2) is 5.13 Å². The molecule has 3 aromatic carbocycles. The van der Waals surface area contributed by atoms with Gasteiger partial charge < -0.3 is 9.84 Å². The second kappa shape index (κ2) is 8.39. The highest BCUT2D eigenvalue weighted by atomic mass is 32.1. The number of nitrogens with zero attached hydrogens (tertiary/aromatic N) is 2. The predicted molar refractivity (Wildman–Crippen MR) is 129 cm³/mol. The molecule has 1 fully saturated rings. The van der Waals surface area contributed by atoms with Crippen molar-refractivity contribution in [2.45, 2.75) is 13.0 Å². The van der Waals surface area contributed by atoms with E-state index >= 15 is 0 Å². The van der Waals surface area contributed by atoms with Crippen molar-refractivity contribution in [1.29, 1.82) is 0 Å². The Labute approximate surface area is 198 Å². The van der Waals surface area contributed by atoms with Gasteiger partial charge in [0.2, 0.25) is 0 Å². The molecular weight excluding hydrogens is 455 g/mol. The molecule has 0 bridgehead atoms. The van der Waals surface area contributed by atoms with E-state index in [1.54, 1.807) is 49.7 Å². The number of carbonyl (C=O) groups excluding carboxylic acids is 2. The normalized spacial score (nSPS) is 17.5. The van der Waals surface area contributed by atoms with Crippen LogP contribution >= 0.6 is 11.3 Å². The fourth-order valence-corrected chi connectivity index (χ4v) is 4.95. The number of Topliss-reactive ketones (excluding diaryl/α,β-unsaturated/α-hetero) is 1. The second-order valence-electron chi connectivity index (χ2n) is 7.92. The number of aliphatic hydroxyl groups excluding tert-OH is 1. The van der Waals surface area contributed by atoms with Gasteiger partial charge in [-0.05, 0) is 53.6 Å². The molecule has 170 valence electrons. The van der Waals surface area contributed by atoms with Crippen LogP contribution in [-0.2, 0) is 9.59 Å². The highest BCUT2D eigenvalue weighted by molar-refractivity contribution is 7.14. The van der Waals surface area contributed by atoms with Crippen molar-refractivity contribution < 1.29 is 23.8 Å². The molecule has 1 aliphatic rings. The number of amides is 1. The molecule has 0 spiro atoms. The summed E-state index contributed by atoms with van der Waals surface area (Å²) in [7, 11) is 1.58. The van der Waals surface area contributed by atoms with Gasteiger partial charge in [-0.2, -0.15) is 0 Å². The van der Waals surface area contributed by atoms with Crippen LogP contribution in [0.25, 0.3) is 16.5 Å². The lowest BCUT2D eigenvalue weighted by atomic mass is 9.94. The molecule has 1 N–H and O–H groups in total. The van der Waals surface area contributed by atoms with E-state index in [4.69, 9.17) is 4.74 Å². The summed E-state index contributed by atoms with van der Waals surface area (Å²) in [6, 6.07) is 15.3. The number of carbonyl (C=O) groups is 2. The van der Waals surface area contributed by atoms with Crippen LogP contribution in [0.2, 0.25) is 0 Å². The summed E-state index contributed by atoms with van der Waals surface area (Å²) < 4.78 is 19.4. The van der Waals surface area contributed by atoms with Crippen molar-refractivity contribution in [2.75, 3.05) is 12.0 Å². The Morgan fingerprint density at radius 1 is 1.09 bits per heavy atom. The van der Waals surface area contributed by atoms with Gasteiger partial charge in [-0.15, -0.1) is 11.3 Å². The number of hydrogen-bond acceptors (Lipinski definition) is 6. The van der Waals surface area contributed by atoms with Gasteiger partial charge in [0.05, 0.1) is 24.4 Å². The van der Waals surface area contributed by atoms with E-state index in [9.17, 15) is 19.1 Å². The van der Waals surface area contributed by atoms with Crippen molar-refractivity contribution in [3.63, 3.8) is 0 Å². The van der Waals surface area contributed by atoms with Crippen molar-refractivity contribution >= 4 is 44.7 Å². The minimum Gasteiger partial charge on any atom is -0.507 e. The number of halogens is 1. The van der Waals surface area contributed by atoms with Crippen LogP contribution in [0.15, 0.2) is 71.6 Å². The smallest absolute Gasteiger partial charge is 0.301 e. The molecule has 1 atom stereocenters. The number of aryl methyl sites for hydroxylation is 1. The van der Waals surface area contributed by atoms with Crippen LogP contribution in [-0.4, -0.2) is 28.9 Å². The zero-order valence-corrected chi connectivity index (χ0v) is 19.1. The molecule has 1 saturated heterocycles. The maximum Gasteiger partial charge on any atom is 0.301 e. The summed E-state index contributed by atoms with van der Waals surface area (Å²) in [5, 5.41) is 15.0. The zero-order valence-electron chi connectivity index (χ0n) is 18.3. The van der Waals surface area contributed by atoms with Crippen molar-refractivity contribution in [3.8, 4) is 5.75 Å². The van der Waals surface area contributed by atoms with E-state index in [2.05, 4.69) is 4.98 Å². The first kappa shape index (κ1) is 21.8. The maximum absolute atomic E-state index is 14.1. The molecule has 6 nitrogen and oxygen atoms in total. The first-order valence-electron chi connectivity index (χ1n) is 10.4. The molecular formula is C26H19FN2O4S. The monoisotopic (exact) mass is 474 g/mol. The van der Waals surface area contributed by atoms with Crippen LogP contribution in [0.5, 0.6) is 5.75 Å². The van der Waals surface area contributed by atoms with E-state index in [1.165, 1.54) is 34.4 Å². The van der Waals surface area contributed by atoms with Crippen LogP contribution in [0.4, 0.5) is 9.52 Å². The van der Waals surface area contributed by atoms with Crippen LogP contribution in [0.1, 0.15) is 22.9 Å². The number of benzene rings is 3. The largest absolute Gasteiger partial charge is 0.507 e. The first-order valence-corrected chi connectivity index (χ1v) is 11.3. The molecule has 5 rings (SSSR count). The second-order valence-corrected chi connectivity index (χ2v) is 8.76. The maximum atomic E-state index is 14.1. The van der Waals surface area contributed by atoms with Crippen molar-refractivity contribution in [1.82, 2.24) is 4.98 Å². The van der Waals surface area contributed by atoms with Gasteiger partial charge in [-0.3, -0.25) is 14.5 Å². The van der Waals surface area contributed by atoms with E-state index in [-0.39, 0.29) is 11.3 Å². The Bertz CT molecular complexity index is 1490. The number of aromatic nitrogens is 1. The average Bonchev–Trinajstić information content (AvgIpc) is 3.38. The Hall–Kier alpha value is -4.04. The minimum atomic E-state index is -1.02. The number of ether oxygens (including phenoxy) is 1. The Kier molecular flexibility index (Phi) is 5.37. The molecule has 1 amide bonds. The van der Waals surface area contributed by atoms with Gasteiger partial charge in [-0.1, -0.05) is 30.3 Å². The van der Waals surface area contributed by atoms with Gasteiger partial charge in [0, 0.05) is 10.9 Å². The quantitative estimate of drug-likeness (QED) is 0.244. The van der Waals surface area contributed by atoms with E-state index in [1.807, 2.05) is 12.1 Å².